The molecule has 0 saturated heterocycles. The van der Waals surface area contributed by atoms with Crippen LogP contribution in [0.25, 0.3) is 0 Å². The Kier molecular flexibility index (Phi) is 53.0. The van der Waals surface area contributed by atoms with Gasteiger partial charge in [0.2, 0.25) is 5.91 Å². The van der Waals surface area contributed by atoms with Crippen LogP contribution in [-0.4, -0.2) is 68.5 Å². The van der Waals surface area contributed by atoms with Gasteiger partial charge in [0, 0.05) is 6.42 Å². The minimum absolute atomic E-state index is 0.0146. The van der Waals surface area contributed by atoms with E-state index in [-0.39, 0.29) is 19.1 Å². The van der Waals surface area contributed by atoms with E-state index >= 15 is 0 Å². The number of hydrogen-bond donors (Lipinski definition) is 2. The Morgan fingerprint density at radius 3 is 1.17 bits per heavy atom. The number of likely N-dealkylation sites (N-methyl/N-ethyl adjacent to an activating group) is 1. The molecule has 0 aliphatic carbocycles. The van der Waals surface area contributed by atoms with Crippen LogP contribution in [0.4, 0.5) is 0 Å². The van der Waals surface area contributed by atoms with E-state index in [9.17, 15) is 19.4 Å². The van der Waals surface area contributed by atoms with E-state index in [0.29, 0.717) is 23.9 Å². The fraction of sp³-hybridized carbons (Fsp3) is 0.919. The zero-order valence-electron chi connectivity index (χ0n) is 48.2. The predicted octanol–water partition coefficient (Wildman–Crippen LogP) is 18.5. The third-order valence-corrected chi connectivity index (χ3v) is 15.4. The number of unbranched alkanes of at least 4 members (excludes halogenated alkanes) is 41. The number of quaternary nitrogens is 1. The lowest BCUT2D eigenvalue weighted by atomic mass is 10.0. The molecule has 3 atom stereocenters. The molecule has 422 valence electrons. The lowest BCUT2D eigenvalue weighted by Crippen LogP contribution is -2.46. The van der Waals surface area contributed by atoms with Gasteiger partial charge in [0.25, 0.3) is 7.82 Å². The summed E-state index contributed by atoms with van der Waals surface area (Å²) in [5.74, 6) is -0.159. The van der Waals surface area contributed by atoms with Gasteiger partial charge >= 0.3 is 0 Å². The molecular formula is C62H123N2O6P. The van der Waals surface area contributed by atoms with Crippen molar-refractivity contribution >= 4 is 13.7 Å². The maximum Gasteiger partial charge on any atom is 0.268 e. The van der Waals surface area contributed by atoms with Crippen LogP contribution >= 0.6 is 7.82 Å². The van der Waals surface area contributed by atoms with Crippen molar-refractivity contribution in [3.05, 3.63) is 24.3 Å². The summed E-state index contributed by atoms with van der Waals surface area (Å²) < 4.78 is 23.5. The molecular weight excluding hydrogens is 900 g/mol. The molecule has 0 aromatic carbocycles. The molecule has 1 amide bonds. The monoisotopic (exact) mass is 1020 g/mol. The average molecular weight is 1020 g/mol. The average Bonchev–Trinajstić information content (AvgIpc) is 3.33. The van der Waals surface area contributed by atoms with Gasteiger partial charge in [-0.1, -0.05) is 289 Å². The van der Waals surface area contributed by atoms with Gasteiger partial charge in [0.15, 0.2) is 0 Å². The summed E-state index contributed by atoms with van der Waals surface area (Å²) in [5.41, 5.74) is 0. The van der Waals surface area contributed by atoms with Gasteiger partial charge in [-0.2, -0.15) is 0 Å². The highest BCUT2D eigenvalue weighted by molar-refractivity contribution is 7.45. The van der Waals surface area contributed by atoms with Crippen LogP contribution in [0.3, 0.4) is 0 Å². The maximum absolute atomic E-state index is 13.0. The Balaban J connectivity index is 4.06. The molecule has 8 nitrogen and oxygen atoms in total. The van der Waals surface area contributed by atoms with Gasteiger partial charge in [-0.15, -0.1) is 0 Å². The van der Waals surface area contributed by atoms with Crippen LogP contribution < -0.4 is 10.2 Å². The summed E-state index contributed by atoms with van der Waals surface area (Å²) in [4.78, 5) is 25.6. The smallest absolute Gasteiger partial charge is 0.268 e. The minimum Gasteiger partial charge on any atom is -0.756 e. The number of phosphoric ester groups is 1. The molecule has 9 heteroatoms. The molecule has 2 N–H and O–H groups in total. The summed E-state index contributed by atoms with van der Waals surface area (Å²) in [5, 5.41) is 14.1. The molecule has 71 heavy (non-hydrogen) atoms. The standard InChI is InChI=1S/C62H123N2O6P/c1-6-8-10-12-14-16-18-20-22-24-26-28-29-30-31-32-33-34-35-36-38-40-42-44-46-48-50-52-54-56-62(66)63-60(59-70-71(67,68)69-58-57-64(3,4)5)61(65)55-53-51-49-47-45-43-41-39-37-27-25-23-21-19-17-15-13-11-9-7-2/h18,20,24,26,60-61,65H,6-17,19,21-23,25,27-59H2,1-5H3,(H-,63,66,67,68)/b20-18-,26-24-. The molecule has 0 heterocycles. The number of nitrogens with one attached hydrogen (secondary N) is 1. The first-order valence-electron chi connectivity index (χ1n) is 31.2. The number of rotatable bonds is 58. The third-order valence-electron chi connectivity index (χ3n) is 14.4. The molecule has 0 bridgehead atoms. The van der Waals surface area contributed by atoms with E-state index in [1.165, 1.54) is 244 Å². The molecule has 3 unspecified atom stereocenters. The number of hydrogen-bond acceptors (Lipinski definition) is 6. The number of aliphatic hydroxyl groups excluding tert-OH is 1. The fourth-order valence-corrected chi connectivity index (χ4v) is 10.3. The van der Waals surface area contributed by atoms with Gasteiger partial charge in [0.05, 0.1) is 39.9 Å². The van der Waals surface area contributed by atoms with E-state index < -0.39 is 20.0 Å². The summed E-state index contributed by atoms with van der Waals surface area (Å²) in [7, 11) is 1.32. The Labute approximate surface area is 443 Å². The van der Waals surface area contributed by atoms with Crippen LogP contribution in [-0.2, 0) is 18.4 Å². The second kappa shape index (κ2) is 53.8. The third kappa shape index (κ3) is 56.5. The second-order valence-corrected chi connectivity index (χ2v) is 24.2. The fourth-order valence-electron chi connectivity index (χ4n) is 9.54. The van der Waals surface area contributed by atoms with Crippen LogP contribution in [0.15, 0.2) is 24.3 Å². The highest BCUT2D eigenvalue weighted by Crippen LogP contribution is 2.38. The molecule has 0 radical (unpaired) electrons. The number of aliphatic hydroxyl groups is 1. The van der Waals surface area contributed by atoms with E-state index in [1.54, 1.807) is 0 Å². The van der Waals surface area contributed by atoms with Crippen LogP contribution in [0.5, 0.6) is 0 Å². The maximum atomic E-state index is 13.0. The highest BCUT2D eigenvalue weighted by Gasteiger charge is 2.24. The number of phosphoric acid groups is 1. The van der Waals surface area contributed by atoms with Crippen LogP contribution in [0, 0.1) is 0 Å². The molecule has 0 aliphatic rings. The summed E-state index contributed by atoms with van der Waals surface area (Å²) in [6.45, 7) is 4.76. The number of carbonyl (C=O) groups is 1. The molecule has 0 spiro atoms. The largest absolute Gasteiger partial charge is 0.756 e. The van der Waals surface area contributed by atoms with Crippen molar-refractivity contribution in [1.82, 2.24) is 5.32 Å². The van der Waals surface area contributed by atoms with E-state index in [0.717, 1.165) is 44.9 Å². The lowest BCUT2D eigenvalue weighted by Gasteiger charge is -2.30. The van der Waals surface area contributed by atoms with E-state index in [4.69, 9.17) is 9.05 Å². The van der Waals surface area contributed by atoms with Gasteiger partial charge in [-0.3, -0.25) is 9.36 Å². The van der Waals surface area contributed by atoms with Gasteiger partial charge in [-0.05, 0) is 44.9 Å². The number of allylic oxidation sites excluding steroid dienone is 4. The second-order valence-electron chi connectivity index (χ2n) is 22.8. The number of nitrogens with zero attached hydrogens (tertiary/aromatic N) is 1. The minimum atomic E-state index is -4.57. The number of carbonyl (C=O) groups excluding carboxylic acids is 1. The molecule has 0 saturated carbocycles. The lowest BCUT2D eigenvalue weighted by molar-refractivity contribution is -0.870. The summed E-state index contributed by atoms with van der Waals surface area (Å²) in [6.07, 6.45) is 67.9. The Hall–Kier alpha value is -1.02. The normalized spacial score (nSPS) is 14.0. The first-order chi connectivity index (χ1) is 34.5. The van der Waals surface area contributed by atoms with Crippen molar-refractivity contribution in [2.45, 2.75) is 328 Å². The van der Waals surface area contributed by atoms with Crippen LogP contribution in [0.2, 0.25) is 0 Å². The predicted molar refractivity (Wildman–Crippen MR) is 307 cm³/mol. The SMILES string of the molecule is CCCCCCC/C=C\C/C=C\CCCCCCCCCCCCCCCCCCCC(=O)NC(COP(=O)([O-])OCC[N+](C)(C)C)C(O)CCCCCCCCCCCCCCCCCCCCCC. The van der Waals surface area contributed by atoms with Crippen molar-refractivity contribution in [3.8, 4) is 0 Å². The highest BCUT2D eigenvalue weighted by atomic mass is 31.2. The zero-order valence-corrected chi connectivity index (χ0v) is 49.1. The summed E-state index contributed by atoms with van der Waals surface area (Å²) in [6, 6.07) is -0.799. The molecule has 0 aromatic heterocycles. The van der Waals surface area contributed by atoms with Crippen molar-refractivity contribution in [1.29, 1.82) is 0 Å². The van der Waals surface area contributed by atoms with Gasteiger partial charge in [-0.25, -0.2) is 0 Å². The molecule has 0 aromatic rings. The topological polar surface area (TPSA) is 108 Å². The molecule has 0 rings (SSSR count). The van der Waals surface area contributed by atoms with Crippen molar-refractivity contribution in [2.75, 3.05) is 40.9 Å². The summed E-state index contributed by atoms with van der Waals surface area (Å²) >= 11 is 0. The quantitative estimate of drug-likeness (QED) is 0.0272. The van der Waals surface area contributed by atoms with Crippen molar-refractivity contribution in [3.63, 3.8) is 0 Å². The molecule has 0 fully saturated rings. The first kappa shape index (κ1) is 70.0. The molecule has 0 aliphatic heterocycles. The van der Waals surface area contributed by atoms with E-state index in [1.807, 2.05) is 21.1 Å². The van der Waals surface area contributed by atoms with Gasteiger partial charge in [0.1, 0.15) is 13.2 Å². The van der Waals surface area contributed by atoms with Crippen LogP contribution in [0.1, 0.15) is 316 Å². The Bertz CT molecular complexity index is 1210. The van der Waals surface area contributed by atoms with E-state index in [2.05, 4.69) is 43.5 Å². The van der Waals surface area contributed by atoms with Crippen molar-refractivity contribution < 1.29 is 32.9 Å². The Morgan fingerprint density at radius 2 is 0.817 bits per heavy atom. The first-order valence-corrected chi connectivity index (χ1v) is 32.6. The number of amides is 1. The zero-order chi connectivity index (χ0) is 52.0. The van der Waals surface area contributed by atoms with Crippen molar-refractivity contribution in [2.24, 2.45) is 0 Å². The Morgan fingerprint density at radius 1 is 0.493 bits per heavy atom. The van der Waals surface area contributed by atoms with Gasteiger partial charge < -0.3 is 28.8 Å².